The Morgan fingerprint density at radius 1 is 1.50 bits per heavy atom. The fraction of sp³-hybridized carbons (Fsp3) is 0.400. The number of nitrogens with zero attached hydrogens (tertiary/aromatic N) is 1. The molecule has 0 aliphatic carbocycles. The summed E-state index contributed by atoms with van der Waals surface area (Å²) in [5, 5.41) is 4.07. The molecular weight excluding hydrogens is 254 g/mol. The number of carbonyl (C=O) groups excluding carboxylic acids is 1. The van der Waals surface area contributed by atoms with Crippen LogP contribution in [-0.2, 0) is 4.74 Å². The van der Waals surface area contributed by atoms with Crippen LogP contribution < -0.4 is 5.32 Å². The quantitative estimate of drug-likeness (QED) is 0.884. The number of fused-ring (bicyclic) bond motifs is 1. The Balaban J connectivity index is 1.83. The standard InChI is InChI=1S/C15H19N3O2/c1-16-9-11-10-18(7-8-20-11)15(19)13-3-2-4-14-12(13)5-6-17-14/h2-6,11,16-17H,7-10H2,1H3. The van der Waals surface area contributed by atoms with Gasteiger partial charge in [-0.25, -0.2) is 0 Å². The third-order valence-electron chi connectivity index (χ3n) is 3.68. The lowest BCUT2D eigenvalue weighted by Gasteiger charge is -2.33. The first-order chi connectivity index (χ1) is 9.79. The summed E-state index contributed by atoms with van der Waals surface area (Å²) in [6.07, 6.45) is 1.94. The maximum absolute atomic E-state index is 12.7. The van der Waals surface area contributed by atoms with E-state index in [0.29, 0.717) is 19.7 Å². The van der Waals surface area contributed by atoms with Gasteiger partial charge in [0.25, 0.3) is 5.91 Å². The molecule has 5 nitrogen and oxygen atoms in total. The van der Waals surface area contributed by atoms with Gasteiger partial charge in [-0.1, -0.05) is 6.07 Å². The number of benzene rings is 1. The molecule has 1 aliphatic heterocycles. The molecule has 0 radical (unpaired) electrons. The van der Waals surface area contributed by atoms with Gasteiger partial charge in [-0.05, 0) is 25.2 Å². The molecule has 1 saturated heterocycles. The van der Waals surface area contributed by atoms with Crippen LogP contribution in [0.4, 0.5) is 0 Å². The van der Waals surface area contributed by atoms with Gasteiger partial charge >= 0.3 is 0 Å². The van der Waals surface area contributed by atoms with Crippen molar-refractivity contribution in [2.45, 2.75) is 6.10 Å². The molecule has 0 bridgehead atoms. The minimum absolute atomic E-state index is 0.0723. The summed E-state index contributed by atoms with van der Waals surface area (Å²) in [5.74, 6) is 0.0830. The molecule has 0 spiro atoms. The van der Waals surface area contributed by atoms with Crippen molar-refractivity contribution in [2.75, 3.05) is 33.3 Å². The van der Waals surface area contributed by atoms with E-state index in [1.165, 1.54) is 0 Å². The van der Waals surface area contributed by atoms with E-state index in [2.05, 4.69) is 10.3 Å². The number of H-pyrrole nitrogens is 1. The average molecular weight is 273 g/mol. The first-order valence-electron chi connectivity index (χ1n) is 6.91. The largest absolute Gasteiger partial charge is 0.373 e. The van der Waals surface area contributed by atoms with E-state index >= 15 is 0 Å². The summed E-state index contributed by atoms with van der Waals surface area (Å²) in [5.41, 5.74) is 1.75. The Labute approximate surface area is 117 Å². The van der Waals surface area contributed by atoms with Crippen molar-refractivity contribution in [3.63, 3.8) is 0 Å². The fourth-order valence-corrected chi connectivity index (χ4v) is 2.70. The van der Waals surface area contributed by atoms with Gasteiger partial charge in [0, 0.05) is 42.3 Å². The second-order valence-corrected chi connectivity index (χ2v) is 5.05. The zero-order valence-electron chi connectivity index (χ0n) is 11.6. The van der Waals surface area contributed by atoms with Gasteiger partial charge in [0.05, 0.1) is 12.7 Å². The number of aromatic amines is 1. The lowest BCUT2D eigenvalue weighted by Crippen LogP contribution is -2.48. The van der Waals surface area contributed by atoms with Crippen molar-refractivity contribution < 1.29 is 9.53 Å². The number of likely N-dealkylation sites (N-methyl/N-ethyl adjacent to an activating group) is 1. The van der Waals surface area contributed by atoms with Gasteiger partial charge in [0.2, 0.25) is 0 Å². The SMILES string of the molecule is CNCC1CN(C(=O)c2cccc3[nH]ccc23)CCO1. The van der Waals surface area contributed by atoms with Crippen LogP contribution in [0.5, 0.6) is 0 Å². The Hall–Kier alpha value is -1.85. The minimum atomic E-state index is 0.0723. The van der Waals surface area contributed by atoms with Crippen LogP contribution in [0.1, 0.15) is 10.4 Å². The van der Waals surface area contributed by atoms with Crippen LogP contribution >= 0.6 is 0 Å². The summed E-state index contributed by atoms with van der Waals surface area (Å²) in [6, 6.07) is 7.74. The monoisotopic (exact) mass is 273 g/mol. The van der Waals surface area contributed by atoms with Crippen molar-refractivity contribution in [1.29, 1.82) is 0 Å². The van der Waals surface area contributed by atoms with Crippen molar-refractivity contribution in [2.24, 2.45) is 0 Å². The van der Waals surface area contributed by atoms with E-state index in [1.54, 1.807) is 0 Å². The maximum Gasteiger partial charge on any atom is 0.254 e. The highest BCUT2D eigenvalue weighted by Gasteiger charge is 2.25. The van der Waals surface area contributed by atoms with E-state index in [1.807, 2.05) is 42.4 Å². The number of aromatic nitrogens is 1. The Morgan fingerprint density at radius 2 is 2.40 bits per heavy atom. The van der Waals surface area contributed by atoms with E-state index in [4.69, 9.17) is 4.74 Å². The predicted molar refractivity (Wildman–Crippen MR) is 77.9 cm³/mol. The highest BCUT2D eigenvalue weighted by atomic mass is 16.5. The zero-order valence-corrected chi connectivity index (χ0v) is 11.6. The highest BCUT2D eigenvalue weighted by Crippen LogP contribution is 2.20. The Morgan fingerprint density at radius 3 is 3.25 bits per heavy atom. The van der Waals surface area contributed by atoms with Crippen LogP contribution in [0.15, 0.2) is 30.5 Å². The van der Waals surface area contributed by atoms with Crippen LogP contribution in [0.3, 0.4) is 0 Å². The normalized spacial score (nSPS) is 19.4. The summed E-state index contributed by atoms with van der Waals surface area (Å²) in [6.45, 7) is 2.65. The van der Waals surface area contributed by atoms with Crippen molar-refractivity contribution in [1.82, 2.24) is 15.2 Å². The zero-order chi connectivity index (χ0) is 13.9. The predicted octanol–water partition coefficient (Wildman–Crippen LogP) is 1.23. The van der Waals surface area contributed by atoms with Crippen molar-refractivity contribution in [3.05, 3.63) is 36.0 Å². The Kier molecular flexibility index (Phi) is 3.71. The van der Waals surface area contributed by atoms with E-state index in [0.717, 1.165) is 23.0 Å². The van der Waals surface area contributed by atoms with Gasteiger partial charge in [-0.3, -0.25) is 4.79 Å². The van der Waals surface area contributed by atoms with Gasteiger partial charge in [0.1, 0.15) is 0 Å². The molecule has 1 amide bonds. The fourth-order valence-electron chi connectivity index (χ4n) is 2.70. The maximum atomic E-state index is 12.7. The summed E-state index contributed by atoms with van der Waals surface area (Å²) in [7, 11) is 1.89. The van der Waals surface area contributed by atoms with Gasteiger partial charge in [-0.15, -0.1) is 0 Å². The number of rotatable bonds is 3. The molecule has 2 N–H and O–H groups in total. The molecule has 1 atom stereocenters. The number of ether oxygens (including phenoxy) is 1. The molecule has 1 unspecified atom stereocenters. The van der Waals surface area contributed by atoms with E-state index < -0.39 is 0 Å². The van der Waals surface area contributed by atoms with E-state index in [-0.39, 0.29) is 12.0 Å². The van der Waals surface area contributed by atoms with Gasteiger partial charge < -0.3 is 19.9 Å². The molecule has 20 heavy (non-hydrogen) atoms. The van der Waals surface area contributed by atoms with Crippen LogP contribution in [0, 0.1) is 0 Å². The lowest BCUT2D eigenvalue weighted by molar-refractivity contribution is -0.0195. The first kappa shape index (κ1) is 13.1. The molecule has 3 rings (SSSR count). The third-order valence-corrected chi connectivity index (χ3v) is 3.68. The van der Waals surface area contributed by atoms with Crippen LogP contribution in [-0.4, -0.2) is 55.2 Å². The van der Waals surface area contributed by atoms with Crippen LogP contribution in [0.2, 0.25) is 0 Å². The molecule has 1 aromatic carbocycles. The number of hydrogen-bond donors (Lipinski definition) is 2. The summed E-state index contributed by atoms with van der Waals surface area (Å²) < 4.78 is 5.64. The van der Waals surface area contributed by atoms with Crippen molar-refractivity contribution >= 4 is 16.8 Å². The molecule has 5 heteroatoms. The summed E-state index contributed by atoms with van der Waals surface area (Å²) in [4.78, 5) is 17.7. The topological polar surface area (TPSA) is 57.4 Å². The number of carbonyl (C=O) groups is 1. The van der Waals surface area contributed by atoms with Crippen LogP contribution in [0.25, 0.3) is 10.9 Å². The molecule has 106 valence electrons. The second-order valence-electron chi connectivity index (χ2n) is 5.05. The summed E-state index contributed by atoms with van der Waals surface area (Å²) >= 11 is 0. The molecule has 1 aliphatic rings. The van der Waals surface area contributed by atoms with Gasteiger partial charge in [-0.2, -0.15) is 0 Å². The number of nitrogens with one attached hydrogen (secondary N) is 2. The second kappa shape index (κ2) is 5.64. The third kappa shape index (κ3) is 2.42. The van der Waals surface area contributed by atoms with Gasteiger partial charge in [0.15, 0.2) is 0 Å². The first-order valence-corrected chi connectivity index (χ1v) is 6.91. The molecule has 0 saturated carbocycles. The molecular formula is C15H19N3O2. The minimum Gasteiger partial charge on any atom is -0.373 e. The molecule has 1 fully saturated rings. The number of amides is 1. The molecule has 2 aromatic rings. The van der Waals surface area contributed by atoms with E-state index in [9.17, 15) is 4.79 Å². The Bertz CT molecular complexity index is 606. The number of morpholine rings is 1. The smallest absolute Gasteiger partial charge is 0.254 e. The highest BCUT2D eigenvalue weighted by molar-refractivity contribution is 6.06. The molecule has 1 aromatic heterocycles. The van der Waals surface area contributed by atoms with Crippen molar-refractivity contribution in [3.8, 4) is 0 Å². The number of hydrogen-bond acceptors (Lipinski definition) is 3. The molecule has 2 heterocycles. The lowest BCUT2D eigenvalue weighted by atomic mass is 10.1. The average Bonchev–Trinajstić information content (AvgIpc) is 2.95.